The topological polar surface area (TPSA) is 58.4 Å². The number of carbonyl (C=O) groups is 1. The molecule has 1 amide bonds. The van der Waals surface area contributed by atoms with Crippen molar-refractivity contribution in [1.29, 1.82) is 0 Å². The molecule has 21 heavy (non-hydrogen) atoms. The first-order valence-corrected chi connectivity index (χ1v) is 8.73. The Balaban J connectivity index is 1.54. The highest BCUT2D eigenvalue weighted by molar-refractivity contribution is 14.1. The zero-order valence-corrected chi connectivity index (χ0v) is 14.3. The summed E-state index contributed by atoms with van der Waals surface area (Å²) >= 11 is 2.25. The fourth-order valence-electron chi connectivity index (χ4n) is 3.71. The lowest BCUT2D eigenvalue weighted by Crippen LogP contribution is -2.38. The summed E-state index contributed by atoms with van der Waals surface area (Å²) < 4.78 is 1.13. The molecule has 1 aromatic carbocycles. The summed E-state index contributed by atoms with van der Waals surface area (Å²) in [5.41, 5.74) is 7.10. The zero-order chi connectivity index (χ0) is 14.8. The molecule has 3 unspecified atom stereocenters. The van der Waals surface area contributed by atoms with Crippen LogP contribution in [-0.2, 0) is 4.79 Å². The van der Waals surface area contributed by atoms with E-state index < -0.39 is 0 Å². The predicted octanol–water partition coefficient (Wildman–Crippen LogP) is 2.29. The van der Waals surface area contributed by atoms with E-state index in [4.69, 9.17) is 5.73 Å². The second-order valence-electron chi connectivity index (χ2n) is 6.27. The van der Waals surface area contributed by atoms with Crippen molar-refractivity contribution in [3.05, 3.63) is 27.8 Å². The number of rotatable bonds is 3. The highest BCUT2D eigenvalue weighted by Crippen LogP contribution is 2.35. The maximum Gasteiger partial charge on any atom is 0.238 e. The van der Waals surface area contributed by atoms with Gasteiger partial charge in [-0.25, -0.2) is 0 Å². The Kier molecular flexibility index (Phi) is 4.81. The summed E-state index contributed by atoms with van der Waals surface area (Å²) in [7, 11) is 0. The van der Waals surface area contributed by atoms with Crippen molar-refractivity contribution >= 4 is 34.2 Å². The van der Waals surface area contributed by atoms with Gasteiger partial charge in [0.1, 0.15) is 0 Å². The molecule has 0 spiro atoms. The number of halogens is 1. The summed E-state index contributed by atoms with van der Waals surface area (Å²) in [5.74, 6) is 1.35. The molecule has 5 heteroatoms. The number of benzene rings is 1. The number of likely N-dealkylation sites (tertiary alicyclic amines) is 1. The van der Waals surface area contributed by atoms with Crippen LogP contribution in [0.25, 0.3) is 0 Å². The molecular weight excluding hydrogens is 377 g/mol. The van der Waals surface area contributed by atoms with Crippen molar-refractivity contribution in [2.45, 2.75) is 25.3 Å². The van der Waals surface area contributed by atoms with Crippen molar-refractivity contribution in [2.75, 3.05) is 25.0 Å². The molecule has 1 heterocycles. The van der Waals surface area contributed by atoms with E-state index in [0.717, 1.165) is 28.8 Å². The van der Waals surface area contributed by atoms with E-state index in [0.29, 0.717) is 24.4 Å². The van der Waals surface area contributed by atoms with Crippen LogP contribution in [0.3, 0.4) is 0 Å². The molecule has 114 valence electrons. The highest BCUT2D eigenvalue weighted by atomic mass is 127. The van der Waals surface area contributed by atoms with E-state index in [1.807, 2.05) is 24.3 Å². The van der Waals surface area contributed by atoms with E-state index in [9.17, 15) is 4.79 Å². The average molecular weight is 399 g/mol. The molecule has 0 bridgehead atoms. The number of amides is 1. The minimum Gasteiger partial charge on any atom is -0.327 e. The summed E-state index contributed by atoms with van der Waals surface area (Å²) in [6.45, 7) is 2.48. The second-order valence-corrected chi connectivity index (χ2v) is 7.52. The van der Waals surface area contributed by atoms with Crippen molar-refractivity contribution < 1.29 is 4.79 Å². The van der Waals surface area contributed by atoms with Gasteiger partial charge < -0.3 is 11.1 Å². The maximum absolute atomic E-state index is 12.2. The Hall–Kier alpha value is -0.660. The van der Waals surface area contributed by atoms with Crippen LogP contribution in [0.2, 0.25) is 0 Å². The van der Waals surface area contributed by atoms with E-state index in [2.05, 4.69) is 32.8 Å². The first-order valence-electron chi connectivity index (χ1n) is 7.65. The molecule has 0 aromatic heterocycles. The molecule has 4 nitrogen and oxygen atoms in total. The molecule has 0 radical (unpaired) electrons. The molecular formula is C16H22IN3O. The van der Waals surface area contributed by atoms with Crippen LogP contribution in [0, 0.1) is 15.4 Å². The van der Waals surface area contributed by atoms with Gasteiger partial charge in [0.2, 0.25) is 5.91 Å². The minimum atomic E-state index is 0.0734. The van der Waals surface area contributed by atoms with Crippen LogP contribution in [0.4, 0.5) is 5.69 Å². The summed E-state index contributed by atoms with van der Waals surface area (Å²) in [4.78, 5) is 14.4. The number of fused-ring (bicyclic) bond motifs is 1. The predicted molar refractivity (Wildman–Crippen MR) is 93.0 cm³/mol. The van der Waals surface area contributed by atoms with Crippen molar-refractivity contribution in [3.8, 4) is 0 Å². The van der Waals surface area contributed by atoms with Crippen LogP contribution in [0.15, 0.2) is 24.3 Å². The van der Waals surface area contributed by atoms with E-state index in [-0.39, 0.29) is 5.91 Å². The third-order valence-corrected chi connectivity index (χ3v) is 5.38. The molecule has 2 aliphatic rings. The Bertz CT molecular complexity index is 522. The third-order valence-electron chi connectivity index (χ3n) is 4.71. The normalized spacial score (nSPS) is 29.1. The minimum absolute atomic E-state index is 0.0734. The first kappa shape index (κ1) is 15.2. The Morgan fingerprint density at radius 3 is 3.00 bits per heavy atom. The number of anilines is 1. The molecule has 2 fully saturated rings. The van der Waals surface area contributed by atoms with Gasteiger partial charge in [-0.3, -0.25) is 9.69 Å². The molecule has 1 aromatic rings. The van der Waals surface area contributed by atoms with Crippen molar-refractivity contribution in [3.63, 3.8) is 0 Å². The van der Waals surface area contributed by atoms with Gasteiger partial charge in [-0.05, 0) is 65.5 Å². The van der Waals surface area contributed by atoms with Crippen molar-refractivity contribution in [2.24, 2.45) is 17.6 Å². The lowest BCUT2D eigenvalue weighted by Gasteiger charge is -2.29. The molecule has 3 rings (SSSR count). The number of carbonyl (C=O) groups excluding carboxylic acids is 1. The van der Waals surface area contributed by atoms with Gasteiger partial charge in [-0.15, -0.1) is 0 Å². The highest BCUT2D eigenvalue weighted by Gasteiger charge is 2.38. The number of nitrogens with two attached hydrogens (primary N) is 1. The third kappa shape index (κ3) is 3.76. The molecule has 3 N–H and O–H groups in total. The number of nitrogens with zero attached hydrogens (tertiary/aromatic N) is 1. The van der Waals surface area contributed by atoms with E-state index in [1.165, 1.54) is 12.8 Å². The van der Waals surface area contributed by atoms with Crippen LogP contribution < -0.4 is 11.1 Å². The van der Waals surface area contributed by atoms with Crippen LogP contribution in [0.1, 0.15) is 19.3 Å². The average Bonchev–Trinajstić information content (AvgIpc) is 2.82. The van der Waals surface area contributed by atoms with Gasteiger partial charge in [0.05, 0.1) is 6.54 Å². The lowest BCUT2D eigenvalue weighted by atomic mass is 9.78. The standard InChI is InChI=1S/C16H22IN3O/c17-12-4-2-5-13(7-12)19-16(21)10-20-8-11-3-1-6-15(18)14(11)9-20/h2,4-5,7,11,14-15H,1,3,6,8-10,18H2,(H,19,21). The number of hydrogen-bond donors (Lipinski definition) is 2. The van der Waals surface area contributed by atoms with Gasteiger partial charge >= 0.3 is 0 Å². The van der Waals surface area contributed by atoms with Crippen molar-refractivity contribution in [1.82, 2.24) is 4.90 Å². The smallest absolute Gasteiger partial charge is 0.238 e. The molecule has 1 saturated heterocycles. The molecule has 1 aliphatic carbocycles. The quantitative estimate of drug-likeness (QED) is 0.767. The number of nitrogens with one attached hydrogen (secondary N) is 1. The fourth-order valence-corrected chi connectivity index (χ4v) is 4.25. The monoisotopic (exact) mass is 399 g/mol. The van der Waals surface area contributed by atoms with E-state index in [1.54, 1.807) is 0 Å². The van der Waals surface area contributed by atoms with Gasteiger partial charge in [0.25, 0.3) is 0 Å². The van der Waals surface area contributed by atoms with Crippen LogP contribution in [0.5, 0.6) is 0 Å². The van der Waals surface area contributed by atoms with E-state index >= 15 is 0 Å². The molecule has 1 aliphatic heterocycles. The Morgan fingerprint density at radius 1 is 1.38 bits per heavy atom. The van der Waals surface area contributed by atoms with Gasteiger partial charge in [0, 0.05) is 28.4 Å². The fraction of sp³-hybridized carbons (Fsp3) is 0.562. The largest absolute Gasteiger partial charge is 0.327 e. The zero-order valence-electron chi connectivity index (χ0n) is 12.1. The van der Waals surface area contributed by atoms with Gasteiger partial charge in [-0.2, -0.15) is 0 Å². The van der Waals surface area contributed by atoms with Gasteiger partial charge in [-0.1, -0.05) is 12.5 Å². The Labute approximate surface area is 139 Å². The van der Waals surface area contributed by atoms with Crippen LogP contribution in [-0.4, -0.2) is 36.5 Å². The SMILES string of the molecule is NC1CCCC2CN(CC(=O)Nc3cccc(I)c3)CC12. The van der Waals surface area contributed by atoms with Gasteiger partial charge in [0.15, 0.2) is 0 Å². The van der Waals surface area contributed by atoms with Crippen LogP contribution >= 0.6 is 22.6 Å². The summed E-state index contributed by atoms with van der Waals surface area (Å²) in [6, 6.07) is 8.22. The first-order chi connectivity index (χ1) is 10.1. The summed E-state index contributed by atoms with van der Waals surface area (Å²) in [6.07, 6.45) is 3.65. The number of hydrogen-bond acceptors (Lipinski definition) is 3. The molecule has 3 atom stereocenters. The Morgan fingerprint density at radius 2 is 2.24 bits per heavy atom. The molecule has 1 saturated carbocycles. The second kappa shape index (κ2) is 6.62. The lowest BCUT2D eigenvalue weighted by molar-refractivity contribution is -0.117. The summed E-state index contributed by atoms with van der Waals surface area (Å²) in [5, 5.41) is 2.99. The maximum atomic E-state index is 12.2.